The zero-order valence-corrected chi connectivity index (χ0v) is 17.8. The van der Waals surface area contributed by atoms with E-state index >= 15 is 0 Å². The molecule has 13 heteroatoms. The molecule has 0 saturated heterocycles. The molecule has 0 aliphatic rings. The molecule has 0 unspecified atom stereocenters. The third-order valence-corrected chi connectivity index (χ3v) is 5.59. The number of aromatic nitrogens is 4. The number of rotatable bonds is 6. The van der Waals surface area contributed by atoms with Crippen molar-refractivity contribution >= 4 is 10.0 Å². The van der Waals surface area contributed by atoms with Gasteiger partial charge >= 0.3 is 6.18 Å². The zero-order valence-electron chi connectivity index (χ0n) is 16.9. The molecule has 2 aromatic heterocycles. The average molecular weight is 479 g/mol. The lowest BCUT2D eigenvalue weighted by Gasteiger charge is -2.11. The predicted molar refractivity (Wildman–Crippen MR) is 109 cm³/mol. The summed E-state index contributed by atoms with van der Waals surface area (Å²) < 4.78 is 74.3. The summed E-state index contributed by atoms with van der Waals surface area (Å²) in [7, 11) is -2.29. The minimum atomic E-state index is -4.49. The second kappa shape index (κ2) is 8.33. The van der Waals surface area contributed by atoms with Gasteiger partial charge in [-0.1, -0.05) is 23.4 Å². The number of hydrogen-bond donors (Lipinski definition) is 1. The fourth-order valence-electron chi connectivity index (χ4n) is 2.99. The Labute approximate surface area is 185 Å². The van der Waals surface area contributed by atoms with Crippen LogP contribution in [0.2, 0.25) is 0 Å². The van der Waals surface area contributed by atoms with Gasteiger partial charge in [0.1, 0.15) is 12.4 Å². The highest BCUT2D eigenvalue weighted by Gasteiger charge is 2.30. The fourth-order valence-corrected chi connectivity index (χ4v) is 3.55. The average Bonchev–Trinajstić information content (AvgIpc) is 3.38. The molecule has 0 radical (unpaired) electrons. The van der Waals surface area contributed by atoms with Gasteiger partial charge in [0.15, 0.2) is 0 Å². The quantitative estimate of drug-likeness (QED) is 0.449. The number of primary sulfonamides is 1. The van der Waals surface area contributed by atoms with E-state index in [2.05, 4.69) is 15.2 Å². The van der Waals surface area contributed by atoms with Crippen molar-refractivity contribution in [1.82, 2.24) is 19.9 Å². The van der Waals surface area contributed by atoms with Crippen LogP contribution in [0.3, 0.4) is 0 Å². The highest BCUT2D eigenvalue weighted by Crippen LogP contribution is 2.32. The van der Waals surface area contributed by atoms with Gasteiger partial charge in [-0.3, -0.25) is 4.68 Å². The van der Waals surface area contributed by atoms with Crippen molar-refractivity contribution in [3.8, 4) is 28.6 Å². The van der Waals surface area contributed by atoms with Crippen LogP contribution in [0.5, 0.6) is 5.75 Å². The maximum Gasteiger partial charge on any atom is 0.416 e. The van der Waals surface area contributed by atoms with Crippen LogP contribution < -0.4 is 9.88 Å². The Bertz CT molecular complexity index is 1410. The molecule has 172 valence electrons. The topological polar surface area (TPSA) is 126 Å². The minimum absolute atomic E-state index is 0.0306. The third-order valence-electron chi connectivity index (χ3n) is 4.68. The van der Waals surface area contributed by atoms with Crippen molar-refractivity contribution in [3.63, 3.8) is 0 Å². The van der Waals surface area contributed by atoms with Crippen LogP contribution in [0.25, 0.3) is 22.8 Å². The van der Waals surface area contributed by atoms with Gasteiger partial charge in [-0.25, -0.2) is 13.6 Å². The fraction of sp³-hybridized carbons (Fsp3) is 0.150. The molecule has 0 aliphatic heterocycles. The SMILES string of the molecule is Cn1ncc(-c2nc(-c3cccc(S(N)(=O)=O)c3)no2)c1COc1cccc(C(F)(F)F)c1. The zero-order chi connectivity index (χ0) is 23.8. The maximum atomic E-state index is 12.9. The number of benzene rings is 2. The second-order valence-electron chi connectivity index (χ2n) is 6.94. The number of halogens is 3. The molecular formula is C20H16F3N5O4S. The highest BCUT2D eigenvalue weighted by molar-refractivity contribution is 7.89. The van der Waals surface area contributed by atoms with Gasteiger partial charge in [-0.05, 0) is 30.3 Å². The van der Waals surface area contributed by atoms with Crippen molar-refractivity contribution in [1.29, 1.82) is 0 Å². The number of hydrogen-bond acceptors (Lipinski definition) is 7. The number of ether oxygens (including phenoxy) is 1. The molecule has 9 nitrogen and oxygen atoms in total. The van der Waals surface area contributed by atoms with E-state index in [0.29, 0.717) is 16.8 Å². The van der Waals surface area contributed by atoms with Crippen molar-refractivity contribution < 1.29 is 30.8 Å². The van der Waals surface area contributed by atoms with Crippen LogP contribution in [-0.2, 0) is 29.9 Å². The van der Waals surface area contributed by atoms with Gasteiger partial charge in [-0.2, -0.15) is 23.3 Å². The van der Waals surface area contributed by atoms with Gasteiger partial charge in [0.2, 0.25) is 15.8 Å². The Kier molecular flexibility index (Phi) is 5.68. The van der Waals surface area contributed by atoms with Crippen LogP contribution >= 0.6 is 0 Å². The number of nitrogens with zero attached hydrogens (tertiary/aromatic N) is 4. The number of nitrogens with two attached hydrogens (primary N) is 1. The molecule has 4 aromatic rings. The molecule has 0 aliphatic carbocycles. The third kappa shape index (κ3) is 4.88. The van der Waals surface area contributed by atoms with Gasteiger partial charge in [0.05, 0.1) is 27.9 Å². The van der Waals surface area contributed by atoms with E-state index in [4.69, 9.17) is 14.4 Å². The summed E-state index contributed by atoms with van der Waals surface area (Å²) in [5, 5.41) is 13.1. The summed E-state index contributed by atoms with van der Waals surface area (Å²) in [5.74, 6) is 0.217. The van der Waals surface area contributed by atoms with E-state index in [1.165, 1.54) is 41.2 Å². The van der Waals surface area contributed by atoms with Crippen molar-refractivity contribution in [3.05, 3.63) is 66.0 Å². The molecule has 2 aromatic carbocycles. The van der Waals surface area contributed by atoms with Crippen LogP contribution in [0.4, 0.5) is 13.2 Å². The standard InChI is InChI=1S/C20H16F3N5O4S/c1-28-17(11-31-14-6-3-5-13(9-14)20(21,22)23)16(10-25-28)19-26-18(27-32-19)12-4-2-7-15(8-12)33(24,29)30/h2-10H,11H2,1H3,(H2,24,29,30). The van der Waals surface area contributed by atoms with E-state index < -0.39 is 21.8 Å². The Morgan fingerprint density at radius 3 is 2.64 bits per heavy atom. The van der Waals surface area contributed by atoms with E-state index in [0.717, 1.165) is 12.1 Å². The Morgan fingerprint density at radius 2 is 1.91 bits per heavy atom. The lowest BCUT2D eigenvalue weighted by atomic mass is 10.2. The van der Waals surface area contributed by atoms with Gasteiger partial charge in [0, 0.05) is 12.6 Å². The van der Waals surface area contributed by atoms with E-state index in [9.17, 15) is 21.6 Å². The lowest BCUT2D eigenvalue weighted by Crippen LogP contribution is -2.11. The highest BCUT2D eigenvalue weighted by atomic mass is 32.2. The predicted octanol–water partition coefficient (Wildman–Crippen LogP) is 3.38. The molecule has 4 rings (SSSR count). The van der Waals surface area contributed by atoms with Crippen molar-refractivity contribution in [2.75, 3.05) is 0 Å². The summed E-state index contributed by atoms with van der Waals surface area (Å²) in [6, 6.07) is 10.2. The van der Waals surface area contributed by atoms with E-state index in [1.807, 2.05) is 0 Å². The van der Waals surface area contributed by atoms with Crippen LogP contribution in [0.1, 0.15) is 11.3 Å². The molecule has 0 fully saturated rings. The molecule has 0 bridgehead atoms. The van der Waals surface area contributed by atoms with Crippen LogP contribution in [-0.4, -0.2) is 28.3 Å². The first kappa shape index (κ1) is 22.5. The van der Waals surface area contributed by atoms with Gasteiger partial charge in [-0.15, -0.1) is 0 Å². The van der Waals surface area contributed by atoms with Crippen molar-refractivity contribution in [2.24, 2.45) is 12.2 Å². The molecule has 33 heavy (non-hydrogen) atoms. The summed E-state index contributed by atoms with van der Waals surface area (Å²) in [6.07, 6.45) is -3.04. The van der Waals surface area contributed by atoms with Gasteiger partial charge < -0.3 is 9.26 Å². The molecule has 2 heterocycles. The van der Waals surface area contributed by atoms with E-state index in [1.54, 1.807) is 13.1 Å². The number of sulfonamides is 1. The summed E-state index contributed by atoms with van der Waals surface area (Å²) in [4.78, 5) is 4.17. The monoisotopic (exact) mass is 479 g/mol. The summed E-state index contributed by atoms with van der Waals surface area (Å²) >= 11 is 0. The second-order valence-corrected chi connectivity index (χ2v) is 8.50. The molecular weight excluding hydrogens is 463 g/mol. The molecule has 0 saturated carbocycles. The first-order chi connectivity index (χ1) is 15.5. The van der Waals surface area contributed by atoms with E-state index in [-0.39, 0.29) is 29.0 Å². The molecule has 0 amide bonds. The Balaban J connectivity index is 1.59. The minimum Gasteiger partial charge on any atom is -0.487 e. The smallest absolute Gasteiger partial charge is 0.416 e. The van der Waals surface area contributed by atoms with Crippen LogP contribution in [0.15, 0.2) is 64.1 Å². The first-order valence-corrected chi connectivity index (χ1v) is 10.9. The lowest BCUT2D eigenvalue weighted by molar-refractivity contribution is -0.137. The van der Waals surface area contributed by atoms with Gasteiger partial charge in [0.25, 0.3) is 5.89 Å². The van der Waals surface area contributed by atoms with Crippen LogP contribution in [0, 0.1) is 0 Å². The normalized spacial score (nSPS) is 12.2. The summed E-state index contributed by atoms with van der Waals surface area (Å²) in [6.45, 7) is -0.119. The maximum absolute atomic E-state index is 12.9. The largest absolute Gasteiger partial charge is 0.487 e. The first-order valence-electron chi connectivity index (χ1n) is 9.30. The van der Waals surface area contributed by atoms with Crippen molar-refractivity contribution in [2.45, 2.75) is 17.7 Å². The Morgan fingerprint density at radius 1 is 1.15 bits per heavy atom. The number of alkyl halides is 3. The Hall–Kier alpha value is -3.71. The molecule has 0 spiro atoms. The molecule has 2 N–H and O–H groups in total. The summed E-state index contributed by atoms with van der Waals surface area (Å²) in [5.41, 5.74) is 0.419. The molecule has 0 atom stereocenters. The number of aryl methyl sites for hydroxylation is 1.